The largest absolute Gasteiger partial charge is 0.399 e. The molecule has 0 fully saturated rings. The van der Waals surface area contributed by atoms with E-state index in [2.05, 4.69) is 4.98 Å². The number of anilines is 1. The molecule has 0 unspecified atom stereocenters. The van der Waals surface area contributed by atoms with Crippen LogP contribution in [0.5, 0.6) is 0 Å². The summed E-state index contributed by atoms with van der Waals surface area (Å²) in [7, 11) is 0. The average Bonchev–Trinajstić information content (AvgIpc) is 2.45. The van der Waals surface area contributed by atoms with Crippen LogP contribution in [0.3, 0.4) is 0 Å². The van der Waals surface area contributed by atoms with Gasteiger partial charge in [0.2, 0.25) is 0 Å². The topological polar surface area (TPSA) is 41.8 Å². The van der Waals surface area contributed by atoms with Crippen molar-refractivity contribution in [3.8, 4) is 0 Å². The van der Waals surface area contributed by atoms with Crippen molar-refractivity contribution < 1.29 is 8.78 Å². The Hall–Kier alpha value is -1.58. The van der Waals surface area contributed by atoms with E-state index < -0.39 is 5.92 Å². The molecule has 2 nitrogen and oxygen atoms in total. The molecule has 0 aliphatic heterocycles. The average molecular weight is 196 g/mol. The van der Waals surface area contributed by atoms with Crippen molar-refractivity contribution in [2.45, 2.75) is 12.8 Å². The van der Waals surface area contributed by atoms with Gasteiger partial charge in [-0.15, -0.1) is 0 Å². The second kappa shape index (κ2) is 2.70. The van der Waals surface area contributed by atoms with Gasteiger partial charge >= 0.3 is 0 Å². The number of nitrogen functional groups attached to an aromatic ring is 1. The minimum absolute atomic E-state index is 0.00694. The van der Waals surface area contributed by atoms with Crippen LogP contribution in [-0.2, 0) is 5.92 Å². The summed E-state index contributed by atoms with van der Waals surface area (Å²) in [6.45, 7) is 0.881. The van der Waals surface area contributed by atoms with Gasteiger partial charge in [0.15, 0.2) is 0 Å². The molecule has 0 aliphatic carbocycles. The molecule has 0 bridgehead atoms. The summed E-state index contributed by atoms with van der Waals surface area (Å²) in [5, 5.41) is 0.520. The fourth-order valence-electron chi connectivity index (χ4n) is 1.51. The number of hydrogen-bond donors (Lipinski definition) is 2. The van der Waals surface area contributed by atoms with E-state index in [0.717, 1.165) is 6.92 Å². The van der Waals surface area contributed by atoms with E-state index in [-0.39, 0.29) is 5.56 Å². The van der Waals surface area contributed by atoms with Crippen LogP contribution in [0.1, 0.15) is 12.5 Å². The van der Waals surface area contributed by atoms with Crippen LogP contribution in [0.4, 0.5) is 14.5 Å². The predicted octanol–water partition coefficient (Wildman–Crippen LogP) is 2.86. The first-order chi connectivity index (χ1) is 6.48. The first-order valence-electron chi connectivity index (χ1n) is 4.23. The third-order valence-corrected chi connectivity index (χ3v) is 2.18. The van der Waals surface area contributed by atoms with Crippen LogP contribution >= 0.6 is 0 Å². The number of H-pyrrole nitrogens is 1. The zero-order valence-corrected chi connectivity index (χ0v) is 7.64. The van der Waals surface area contributed by atoms with Crippen molar-refractivity contribution in [2.24, 2.45) is 0 Å². The number of nitrogens with one attached hydrogen (secondary N) is 1. The molecule has 2 aromatic rings. The van der Waals surface area contributed by atoms with Gasteiger partial charge in [-0.2, -0.15) is 0 Å². The molecule has 0 saturated heterocycles. The Balaban J connectivity index is 2.70. The number of rotatable bonds is 1. The summed E-state index contributed by atoms with van der Waals surface area (Å²) < 4.78 is 26.1. The maximum atomic E-state index is 13.1. The normalized spacial score (nSPS) is 12.2. The molecule has 0 radical (unpaired) electrons. The van der Waals surface area contributed by atoms with Crippen LogP contribution in [0.15, 0.2) is 24.4 Å². The molecule has 0 aliphatic rings. The molecule has 74 valence electrons. The minimum atomic E-state index is -2.83. The van der Waals surface area contributed by atoms with E-state index in [4.69, 9.17) is 5.73 Å². The summed E-state index contributed by atoms with van der Waals surface area (Å²) in [5.74, 6) is -2.83. The third-order valence-electron chi connectivity index (χ3n) is 2.18. The van der Waals surface area contributed by atoms with Gasteiger partial charge in [0.1, 0.15) is 0 Å². The van der Waals surface area contributed by atoms with E-state index >= 15 is 0 Å². The first kappa shape index (κ1) is 8.99. The predicted molar refractivity (Wildman–Crippen MR) is 52.3 cm³/mol. The maximum Gasteiger partial charge on any atom is 0.272 e. The summed E-state index contributed by atoms with van der Waals surface area (Å²) in [6.07, 6.45) is 1.32. The summed E-state index contributed by atoms with van der Waals surface area (Å²) in [6, 6.07) is 4.86. The molecule has 1 aromatic heterocycles. The monoisotopic (exact) mass is 196 g/mol. The van der Waals surface area contributed by atoms with Gasteiger partial charge in [0.25, 0.3) is 5.92 Å². The van der Waals surface area contributed by atoms with Crippen molar-refractivity contribution in [2.75, 3.05) is 5.73 Å². The van der Waals surface area contributed by atoms with E-state index in [9.17, 15) is 8.78 Å². The highest BCUT2D eigenvalue weighted by molar-refractivity contribution is 5.86. The number of aromatic amines is 1. The van der Waals surface area contributed by atoms with Gasteiger partial charge in [-0.25, -0.2) is 8.78 Å². The molecule has 1 heterocycles. The summed E-state index contributed by atoms with van der Waals surface area (Å²) in [4.78, 5) is 2.78. The second-order valence-electron chi connectivity index (χ2n) is 3.40. The fraction of sp³-hybridized carbons (Fsp3) is 0.200. The lowest BCUT2D eigenvalue weighted by Gasteiger charge is -2.08. The Morgan fingerprint density at radius 2 is 2.07 bits per heavy atom. The zero-order valence-electron chi connectivity index (χ0n) is 7.64. The molecule has 1 aromatic carbocycles. The molecular formula is C10H10F2N2. The van der Waals surface area contributed by atoms with Gasteiger partial charge in [-0.3, -0.25) is 0 Å². The third kappa shape index (κ3) is 1.32. The molecule has 4 heteroatoms. The molecule has 3 N–H and O–H groups in total. The molecule has 0 saturated carbocycles. The number of halogens is 2. The zero-order chi connectivity index (χ0) is 10.3. The number of fused-ring (bicyclic) bond motifs is 1. The SMILES string of the molecule is CC(F)(F)c1c[nH]c2cc(N)ccc12. The summed E-state index contributed by atoms with van der Waals surface area (Å²) >= 11 is 0. The Kier molecular flexibility index (Phi) is 1.74. The maximum absolute atomic E-state index is 13.1. The van der Waals surface area contributed by atoms with Crippen LogP contribution in [0.2, 0.25) is 0 Å². The molecule has 0 amide bonds. The number of alkyl halides is 2. The van der Waals surface area contributed by atoms with Crippen LogP contribution < -0.4 is 5.73 Å². The van der Waals surface area contributed by atoms with E-state index in [0.29, 0.717) is 16.6 Å². The fourth-order valence-corrected chi connectivity index (χ4v) is 1.51. The van der Waals surface area contributed by atoms with Gasteiger partial charge in [-0.05, 0) is 12.1 Å². The first-order valence-corrected chi connectivity index (χ1v) is 4.23. The standard InChI is InChI=1S/C10H10F2N2/c1-10(11,12)8-5-14-9-4-6(13)2-3-7(8)9/h2-5,14H,13H2,1H3. The highest BCUT2D eigenvalue weighted by Gasteiger charge is 2.27. The molecule has 14 heavy (non-hydrogen) atoms. The second-order valence-corrected chi connectivity index (χ2v) is 3.40. The van der Waals surface area contributed by atoms with E-state index in [1.54, 1.807) is 18.2 Å². The number of aromatic nitrogens is 1. The molecule has 2 rings (SSSR count). The van der Waals surface area contributed by atoms with Gasteiger partial charge < -0.3 is 10.7 Å². The molecule has 0 atom stereocenters. The Labute approximate surface area is 79.7 Å². The molecular weight excluding hydrogens is 186 g/mol. The van der Waals surface area contributed by atoms with E-state index in [1.165, 1.54) is 6.20 Å². The molecule has 0 spiro atoms. The Morgan fingerprint density at radius 3 is 2.71 bits per heavy atom. The van der Waals surface area contributed by atoms with Crippen molar-refractivity contribution in [1.82, 2.24) is 4.98 Å². The lowest BCUT2D eigenvalue weighted by molar-refractivity contribution is 0.0191. The number of hydrogen-bond acceptors (Lipinski definition) is 1. The van der Waals surface area contributed by atoms with Gasteiger partial charge in [-0.1, -0.05) is 6.07 Å². The lowest BCUT2D eigenvalue weighted by Crippen LogP contribution is -2.05. The summed E-state index contributed by atoms with van der Waals surface area (Å²) in [5.41, 5.74) is 6.74. The van der Waals surface area contributed by atoms with Crippen LogP contribution in [0, 0.1) is 0 Å². The van der Waals surface area contributed by atoms with Crippen LogP contribution in [0.25, 0.3) is 10.9 Å². The highest BCUT2D eigenvalue weighted by Crippen LogP contribution is 2.33. The van der Waals surface area contributed by atoms with Crippen LogP contribution in [-0.4, -0.2) is 4.98 Å². The number of benzene rings is 1. The Morgan fingerprint density at radius 1 is 1.36 bits per heavy atom. The quantitative estimate of drug-likeness (QED) is 0.676. The Bertz CT molecular complexity index is 468. The lowest BCUT2D eigenvalue weighted by atomic mass is 10.1. The smallest absolute Gasteiger partial charge is 0.272 e. The van der Waals surface area contributed by atoms with Crippen molar-refractivity contribution in [3.63, 3.8) is 0 Å². The number of nitrogens with two attached hydrogens (primary N) is 1. The van der Waals surface area contributed by atoms with Crippen molar-refractivity contribution in [1.29, 1.82) is 0 Å². The van der Waals surface area contributed by atoms with Gasteiger partial charge in [0, 0.05) is 35.3 Å². The van der Waals surface area contributed by atoms with E-state index in [1.807, 2.05) is 0 Å². The van der Waals surface area contributed by atoms with Gasteiger partial charge in [0.05, 0.1) is 0 Å². The van der Waals surface area contributed by atoms with Crippen molar-refractivity contribution in [3.05, 3.63) is 30.0 Å². The van der Waals surface area contributed by atoms with Crippen molar-refractivity contribution >= 4 is 16.6 Å². The highest BCUT2D eigenvalue weighted by atomic mass is 19.3. The minimum Gasteiger partial charge on any atom is -0.399 e.